The number of sulfonamides is 1. The highest BCUT2D eigenvalue weighted by atomic mass is 32.2. The number of rotatable bonds is 6. The molecule has 0 aromatic heterocycles. The van der Waals surface area contributed by atoms with Crippen LogP contribution in [-0.2, 0) is 10.0 Å². The Morgan fingerprint density at radius 3 is 2.58 bits per heavy atom. The van der Waals surface area contributed by atoms with E-state index in [1.54, 1.807) is 19.9 Å². The summed E-state index contributed by atoms with van der Waals surface area (Å²) in [6.07, 6.45) is -0.501. The van der Waals surface area contributed by atoms with E-state index in [2.05, 4.69) is 4.72 Å². The zero-order valence-electron chi connectivity index (χ0n) is 11.3. The van der Waals surface area contributed by atoms with Crippen LogP contribution in [0.3, 0.4) is 0 Å². The lowest BCUT2D eigenvalue weighted by molar-refractivity contribution is 0.196. The van der Waals surface area contributed by atoms with Gasteiger partial charge in [0.25, 0.3) is 0 Å². The van der Waals surface area contributed by atoms with E-state index >= 15 is 0 Å². The maximum absolute atomic E-state index is 11.9. The normalized spacial score (nSPS) is 15.2. The van der Waals surface area contributed by atoms with Crippen LogP contribution in [0.1, 0.15) is 20.8 Å². The third-order valence-electron chi connectivity index (χ3n) is 2.62. The van der Waals surface area contributed by atoms with E-state index in [9.17, 15) is 13.5 Å². The molecule has 0 aliphatic heterocycles. The van der Waals surface area contributed by atoms with Gasteiger partial charge in [0.2, 0.25) is 10.0 Å². The Morgan fingerprint density at radius 1 is 1.42 bits per heavy atom. The van der Waals surface area contributed by atoms with Gasteiger partial charge in [0, 0.05) is 22.4 Å². The standard InChI is InChI=1S/C12H20N2O3S2/c1-4-14-19(16,17)10-5-6-11(13)12(7-10)18-9(3)8(2)15/h5-9,14-15H,4,13H2,1-3H3. The molecular formula is C12H20N2O3S2. The topological polar surface area (TPSA) is 92.4 Å². The fourth-order valence-corrected chi connectivity index (χ4v) is 3.49. The number of thioether (sulfide) groups is 1. The lowest BCUT2D eigenvalue weighted by Gasteiger charge is -2.16. The molecule has 2 atom stereocenters. The molecule has 7 heteroatoms. The summed E-state index contributed by atoms with van der Waals surface area (Å²) in [4.78, 5) is 0.844. The first-order chi connectivity index (χ1) is 8.77. The van der Waals surface area contributed by atoms with Gasteiger partial charge in [-0.2, -0.15) is 0 Å². The van der Waals surface area contributed by atoms with Gasteiger partial charge in [-0.25, -0.2) is 13.1 Å². The van der Waals surface area contributed by atoms with Crippen molar-refractivity contribution in [2.24, 2.45) is 0 Å². The first-order valence-electron chi connectivity index (χ1n) is 6.02. The van der Waals surface area contributed by atoms with Gasteiger partial charge in [0.15, 0.2) is 0 Å². The SMILES string of the molecule is CCNS(=O)(=O)c1ccc(N)c(SC(C)C(C)O)c1. The third kappa shape index (κ3) is 4.38. The van der Waals surface area contributed by atoms with E-state index in [1.807, 2.05) is 6.92 Å². The number of nitrogens with one attached hydrogen (secondary N) is 1. The summed E-state index contributed by atoms with van der Waals surface area (Å²) in [5.41, 5.74) is 6.34. The van der Waals surface area contributed by atoms with Gasteiger partial charge >= 0.3 is 0 Å². The fraction of sp³-hybridized carbons (Fsp3) is 0.500. The van der Waals surface area contributed by atoms with Crippen LogP contribution in [-0.4, -0.2) is 31.4 Å². The highest BCUT2D eigenvalue weighted by molar-refractivity contribution is 8.00. The van der Waals surface area contributed by atoms with Crippen LogP contribution in [0.2, 0.25) is 0 Å². The summed E-state index contributed by atoms with van der Waals surface area (Å²) in [7, 11) is -3.49. The van der Waals surface area contributed by atoms with Crippen LogP contribution in [0, 0.1) is 0 Å². The van der Waals surface area contributed by atoms with E-state index in [-0.39, 0.29) is 10.1 Å². The number of nitrogen functional groups attached to an aromatic ring is 1. The van der Waals surface area contributed by atoms with Crippen LogP contribution in [0.5, 0.6) is 0 Å². The molecule has 0 fully saturated rings. The minimum absolute atomic E-state index is 0.0700. The van der Waals surface area contributed by atoms with Gasteiger partial charge in [0.05, 0.1) is 11.0 Å². The van der Waals surface area contributed by atoms with E-state index in [1.165, 1.54) is 23.9 Å². The van der Waals surface area contributed by atoms with Gasteiger partial charge in [-0.05, 0) is 25.1 Å². The first-order valence-corrected chi connectivity index (χ1v) is 8.38. The number of hydrogen-bond donors (Lipinski definition) is 3. The van der Waals surface area contributed by atoms with Crippen molar-refractivity contribution in [3.63, 3.8) is 0 Å². The summed E-state index contributed by atoms with van der Waals surface area (Å²) in [6, 6.07) is 4.59. The maximum Gasteiger partial charge on any atom is 0.240 e. The Bertz CT molecular complexity index is 530. The number of aliphatic hydroxyl groups excluding tert-OH is 1. The minimum Gasteiger partial charge on any atom is -0.398 e. The number of aliphatic hydroxyl groups is 1. The van der Waals surface area contributed by atoms with Crippen molar-refractivity contribution in [2.75, 3.05) is 12.3 Å². The quantitative estimate of drug-likeness (QED) is 0.546. The highest BCUT2D eigenvalue weighted by Gasteiger charge is 2.17. The Labute approximate surface area is 118 Å². The van der Waals surface area contributed by atoms with E-state index in [0.717, 1.165) is 0 Å². The second kappa shape index (κ2) is 6.60. The average Bonchev–Trinajstić information content (AvgIpc) is 2.31. The minimum atomic E-state index is -3.49. The fourth-order valence-electron chi connectivity index (χ4n) is 1.36. The second-order valence-electron chi connectivity index (χ2n) is 4.26. The predicted molar refractivity (Wildman–Crippen MR) is 78.7 cm³/mol. The van der Waals surface area contributed by atoms with Crippen LogP contribution < -0.4 is 10.5 Å². The molecule has 1 rings (SSSR count). The highest BCUT2D eigenvalue weighted by Crippen LogP contribution is 2.32. The molecule has 0 aliphatic carbocycles. The molecule has 0 saturated carbocycles. The smallest absolute Gasteiger partial charge is 0.240 e. The summed E-state index contributed by atoms with van der Waals surface area (Å²) >= 11 is 1.36. The van der Waals surface area contributed by atoms with E-state index in [0.29, 0.717) is 17.1 Å². The molecule has 0 bridgehead atoms. The van der Waals surface area contributed by atoms with Crippen molar-refractivity contribution in [1.82, 2.24) is 4.72 Å². The van der Waals surface area contributed by atoms with Crippen molar-refractivity contribution in [3.05, 3.63) is 18.2 Å². The molecule has 1 aromatic carbocycles. The molecule has 0 radical (unpaired) electrons. The third-order valence-corrected chi connectivity index (χ3v) is 5.54. The monoisotopic (exact) mass is 304 g/mol. The van der Waals surface area contributed by atoms with Crippen LogP contribution in [0.15, 0.2) is 28.0 Å². The lowest BCUT2D eigenvalue weighted by atomic mass is 10.3. The second-order valence-corrected chi connectivity index (χ2v) is 7.45. The largest absolute Gasteiger partial charge is 0.398 e. The van der Waals surface area contributed by atoms with Crippen LogP contribution in [0.25, 0.3) is 0 Å². The first kappa shape index (κ1) is 16.3. The molecule has 2 unspecified atom stereocenters. The summed E-state index contributed by atoms with van der Waals surface area (Å²) in [5.74, 6) is 0. The number of benzene rings is 1. The number of nitrogens with two attached hydrogens (primary N) is 1. The van der Waals surface area contributed by atoms with Gasteiger partial charge in [-0.15, -0.1) is 11.8 Å². The molecule has 0 amide bonds. The van der Waals surface area contributed by atoms with Crippen molar-refractivity contribution in [3.8, 4) is 0 Å². The molecular weight excluding hydrogens is 284 g/mol. The van der Waals surface area contributed by atoms with Crippen LogP contribution >= 0.6 is 11.8 Å². The summed E-state index contributed by atoms with van der Waals surface area (Å²) < 4.78 is 26.2. The lowest BCUT2D eigenvalue weighted by Crippen LogP contribution is -2.23. The van der Waals surface area contributed by atoms with Crippen molar-refractivity contribution < 1.29 is 13.5 Å². The molecule has 0 heterocycles. The Morgan fingerprint density at radius 2 is 2.05 bits per heavy atom. The number of anilines is 1. The zero-order valence-corrected chi connectivity index (χ0v) is 12.9. The molecule has 0 aliphatic rings. The molecule has 5 nitrogen and oxygen atoms in total. The van der Waals surface area contributed by atoms with E-state index in [4.69, 9.17) is 5.73 Å². The molecule has 4 N–H and O–H groups in total. The summed E-state index contributed by atoms with van der Waals surface area (Å²) in [5, 5.41) is 9.42. The van der Waals surface area contributed by atoms with Gasteiger partial charge in [0.1, 0.15) is 0 Å². The molecule has 1 aromatic rings. The van der Waals surface area contributed by atoms with Crippen molar-refractivity contribution in [2.45, 2.75) is 41.9 Å². The van der Waals surface area contributed by atoms with Gasteiger partial charge in [-0.1, -0.05) is 13.8 Å². The summed E-state index contributed by atoms with van der Waals surface area (Å²) in [6.45, 7) is 5.60. The Balaban J connectivity index is 3.07. The molecule has 0 saturated heterocycles. The Hall–Kier alpha value is -0.760. The predicted octanol–water partition coefficient (Wildman–Crippen LogP) is 1.43. The molecule has 108 valence electrons. The van der Waals surface area contributed by atoms with Crippen molar-refractivity contribution >= 4 is 27.5 Å². The molecule has 19 heavy (non-hydrogen) atoms. The Kier molecular flexibility index (Phi) is 5.66. The maximum atomic E-state index is 11.9. The zero-order chi connectivity index (χ0) is 14.6. The number of hydrogen-bond acceptors (Lipinski definition) is 5. The molecule has 0 spiro atoms. The van der Waals surface area contributed by atoms with E-state index < -0.39 is 16.1 Å². The van der Waals surface area contributed by atoms with Crippen LogP contribution in [0.4, 0.5) is 5.69 Å². The van der Waals surface area contributed by atoms with Crippen molar-refractivity contribution in [1.29, 1.82) is 0 Å². The van der Waals surface area contributed by atoms with Gasteiger partial charge < -0.3 is 10.8 Å². The van der Waals surface area contributed by atoms with Gasteiger partial charge in [-0.3, -0.25) is 0 Å². The average molecular weight is 304 g/mol.